The van der Waals surface area contributed by atoms with Crippen LogP contribution in [0.1, 0.15) is 36.5 Å². The third kappa shape index (κ3) is 3.31. The van der Waals surface area contributed by atoms with E-state index in [-0.39, 0.29) is 6.10 Å². The molecule has 4 heteroatoms. The van der Waals surface area contributed by atoms with Crippen molar-refractivity contribution >= 4 is 6.29 Å². The number of ether oxygens (including phenoxy) is 2. The van der Waals surface area contributed by atoms with Gasteiger partial charge in [-0.05, 0) is 51.6 Å². The van der Waals surface area contributed by atoms with Gasteiger partial charge in [-0.15, -0.1) is 0 Å². The molecule has 0 radical (unpaired) electrons. The van der Waals surface area contributed by atoms with E-state index in [2.05, 4.69) is 18.9 Å². The van der Waals surface area contributed by atoms with E-state index in [9.17, 15) is 4.79 Å². The number of aldehydes is 1. The van der Waals surface area contributed by atoms with E-state index >= 15 is 0 Å². The van der Waals surface area contributed by atoms with Gasteiger partial charge in [-0.1, -0.05) is 6.42 Å². The molecule has 0 N–H and O–H groups in total. The number of nitrogens with zero attached hydrogens (tertiary/aromatic N) is 1. The molecule has 1 saturated heterocycles. The highest BCUT2D eigenvalue weighted by Gasteiger charge is 2.26. The molecule has 0 amide bonds. The van der Waals surface area contributed by atoms with Crippen molar-refractivity contribution in [2.24, 2.45) is 0 Å². The van der Waals surface area contributed by atoms with E-state index in [4.69, 9.17) is 9.47 Å². The predicted octanol–water partition coefficient (Wildman–Crippen LogP) is 2.76. The topological polar surface area (TPSA) is 38.8 Å². The lowest BCUT2D eigenvalue weighted by atomic mass is 9.99. The van der Waals surface area contributed by atoms with E-state index in [1.807, 2.05) is 6.07 Å². The van der Waals surface area contributed by atoms with Crippen LogP contribution in [-0.4, -0.2) is 44.0 Å². The summed E-state index contributed by atoms with van der Waals surface area (Å²) in [5.74, 6) is 1.31. The lowest BCUT2D eigenvalue weighted by molar-refractivity contribution is 0.0667. The normalized spacial score (nSPS) is 21.2. The van der Waals surface area contributed by atoms with Gasteiger partial charge in [0.1, 0.15) is 12.4 Å². The van der Waals surface area contributed by atoms with Crippen LogP contribution in [0.25, 0.3) is 0 Å². The molecule has 2 atom stereocenters. The Morgan fingerprint density at radius 2 is 2.15 bits per heavy atom. The van der Waals surface area contributed by atoms with E-state index in [0.29, 0.717) is 23.1 Å². The van der Waals surface area contributed by atoms with Crippen LogP contribution in [0.4, 0.5) is 0 Å². The van der Waals surface area contributed by atoms with Crippen molar-refractivity contribution in [2.45, 2.75) is 38.3 Å². The van der Waals surface area contributed by atoms with Gasteiger partial charge in [0.2, 0.25) is 0 Å². The Morgan fingerprint density at radius 1 is 1.35 bits per heavy atom. The monoisotopic (exact) mass is 277 g/mol. The van der Waals surface area contributed by atoms with Crippen LogP contribution in [0.2, 0.25) is 0 Å². The molecule has 0 bridgehead atoms. The van der Waals surface area contributed by atoms with Crippen molar-refractivity contribution in [3.05, 3.63) is 23.8 Å². The lowest BCUT2D eigenvalue weighted by Crippen LogP contribution is -2.45. The smallest absolute Gasteiger partial charge is 0.161 e. The summed E-state index contributed by atoms with van der Waals surface area (Å²) in [7, 11) is 3.74. The average molecular weight is 277 g/mol. The first kappa shape index (κ1) is 14.9. The number of benzene rings is 1. The SMILES string of the molecule is COc1cc(C=O)ccc1OC(C)C1CCCCN1C. The van der Waals surface area contributed by atoms with Gasteiger partial charge in [0, 0.05) is 11.6 Å². The summed E-state index contributed by atoms with van der Waals surface area (Å²) >= 11 is 0. The second-order valence-electron chi connectivity index (χ2n) is 5.39. The molecule has 1 heterocycles. The number of hydrogen-bond acceptors (Lipinski definition) is 4. The standard InChI is InChI=1S/C16H23NO3/c1-12(14-6-4-5-9-17(14)2)20-15-8-7-13(11-18)10-16(15)19-3/h7-8,10-12,14H,4-6,9H2,1-3H3. The Bertz CT molecular complexity index is 461. The number of carbonyl (C=O) groups excluding carboxylic acids is 1. The van der Waals surface area contributed by atoms with Crippen LogP contribution in [0, 0.1) is 0 Å². The Kier molecular flexibility index (Phi) is 5.01. The first-order valence-electron chi connectivity index (χ1n) is 7.16. The maximum absolute atomic E-state index is 10.8. The van der Waals surface area contributed by atoms with Gasteiger partial charge in [-0.25, -0.2) is 0 Å². The highest BCUT2D eigenvalue weighted by molar-refractivity contribution is 5.76. The predicted molar refractivity (Wildman–Crippen MR) is 78.7 cm³/mol. The number of carbonyl (C=O) groups is 1. The Hall–Kier alpha value is -1.55. The summed E-state index contributed by atoms with van der Waals surface area (Å²) in [6.45, 7) is 3.22. The molecule has 0 aromatic heterocycles. The minimum absolute atomic E-state index is 0.0938. The third-order valence-electron chi connectivity index (χ3n) is 4.01. The van der Waals surface area contributed by atoms with Crippen LogP contribution >= 0.6 is 0 Å². The van der Waals surface area contributed by atoms with Crippen molar-refractivity contribution in [1.29, 1.82) is 0 Å². The molecule has 2 rings (SSSR count). The first-order valence-corrected chi connectivity index (χ1v) is 7.16. The molecule has 0 saturated carbocycles. The van der Waals surface area contributed by atoms with Gasteiger partial charge >= 0.3 is 0 Å². The van der Waals surface area contributed by atoms with E-state index < -0.39 is 0 Å². The highest BCUT2D eigenvalue weighted by Crippen LogP contribution is 2.30. The van der Waals surface area contributed by atoms with Gasteiger partial charge in [-0.2, -0.15) is 0 Å². The molecule has 1 aliphatic rings. The van der Waals surface area contributed by atoms with Crippen molar-refractivity contribution in [3.63, 3.8) is 0 Å². The largest absolute Gasteiger partial charge is 0.493 e. The van der Waals surface area contributed by atoms with Gasteiger partial charge in [0.05, 0.1) is 7.11 Å². The minimum atomic E-state index is 0.0938. The zero-order valence-electron chi connectivity index (χ0n) is 12.5. The van der Waals surface area contributed by atoms with Gasteiger partial charge in [0.15, 0.2) is 11.5 Å². The van der Waals surface area contributed by atoms with E-state index in [0.717, 1.165) is 19.3 Å². The number of hydrogen-bond donors (Lipinski definition) is 0. The van der Waals surface area contributed by atoms with Crippen molar-refractivity contribution in [3.8, 4) is 11.5 Å². The molecule has 20 heavy (non-hydrogen) atoms. The molecule has 2 unspecified atom stereocenters. The summed E-state index contributed by atoms with van der Waals surface area (Å²) in [6.07, 6.45) is 4.58. The summed E-state index contributed by atoms with van der Waals surface area (Å²) in [4.78, 5) is 13.2. The van der Waals surface area contributed by atoms with Crippen LogP contribution in [0.3, 0.4) is 0 Å². The molecule has 0 spiro atoms. The van der Waals surface area contributed by atoms with Crippen LogP contribution < -0.4 is 9.47 Å². The van der Waals surface area contributed by atoms with Gasteiger partial charge in [-0.3, -0.25) is 9.69 Å². The molecule has 4 nitrogen and oxygen atoms in total. The summed E-state index contributed by atoms with van der Waals surface area (Å²) in [6, 6.07) is 5.70. The molecule has 1 aliphatic heterocycles. The second-order valence-corrected chi connectivity index (χ2v) is 5.39. The Morgan fingerprint density at radius 3 is 2.80 bits per heavy atom. The quantitative estimate of drug-likeness (QED) is 0.776. The molecular weight excluding hydrogens is 254 g/mol. The summed E-state index contributed by atoms with van der Waals surface area (Å²) < 4.78 is 11.4. The number of piperidine rings is 1. The zero-order valence-corrected chi connectivity index (χ0v) is 12.5. The second kappa shape index (κ2) is 6.75. The molecule has 110 valence electrons. The maximum atomic E-state index is 10.8. The average Bonchev–Trinajstić information content (AvgIpc) is 2.48. The maximum Gasteiger partial charge on any atom is 0.161 e. The molecular formula is C16H23NO3. The minimum Gasteiger partial charge on any atom is -0.493 e. The third-order valence-corrected chi connectivity index (χ3v) is 4.01. The lowest BCUT2D eigenvalue weighted by Gasteiger charge is -2.36. The molecule has 1 aromatic rings. The summed E-state index contributed by atoms with van der Waals surface area (Å²) in [5, 5.41) is 0. The Labute approximate surface area is 120 Å². The summed E-state index contributed by atoms with van der Waals surface area (Å²) in [5.41, 5.74) is 0.594. The fourth-order valence-electron chi connectivity index (χ4n) is 2.83. The Balaban J connectivity index is 2.10. The number of likely N-dealkylation sites (tertiary alicyclic amines) is 1. The molecule has 1 aromatic carbocycles. The van der Waals surface area contributed by atoms with Crippen molar-refractivity contribution < 1.29 is 14.3 Å². The van der Waals surface area contributed by atoms with Gasteiger partial charge in [0.25, 0.3) is 0 Å². The van der Waals surface area contributed by atoms with E-state index in [1.54, 1.807) is 19.2 Å². The number of methoxy groups -OCH3 is 1. The first-order chi connectivity index (χ1) is 9.65. The number of likely N-dealkylation sites (N-methyl/N-ethyl adjacent to an activating group) is 1. The zero-order chi connectivity index (χ0) is 14.5. The van der Waals surface area contributed by atoms with Crippen LogP contribution in [0.5, 0.6) is 11.5 Å². The fraction of sp³-hybridized carbons (Fsp3) is 0.562. The molecule has 1 fully saturated rings. The number of rotatable bonds is 5. The van der Waals surface area contributed by atoms with Crippen LogP contribution in [0.15, 0.2) is 18.2 Å². The van der Waals surface area contributed by atoms with Crippen molar-refractivity contribution in [1.82, 2.24) is 4.90 Å². The highest BCUT2D eigenvalue weighted by atomic mass is 16.5. The van der Waals surface area contributed by atoms with Crippen molar-refractivity contribution in [2.75, 3.05) is 20.7 Å². The van der Waals surface area contributed by atoms with Gasteiger partial charge < -0.3 is 9.47 Å². The fourth-order valence-corrected chi connectivity index (χ4v) is 2.83. The molecule has 0 aliphatic carbocycles. The van der Waals surface area contributed by atoms with Crippen LogP contribution in [-0.2, 0) is 0 Å². The van der Waals surface area contributed by atoms with E-state index in [1.165, 1.54) is 12.8 Å².